The van der Waals surface area contributed by atoms with Gasteiger partial charge in [-0.3, -0.25) is 4.79 Å². The number of ether oxygens (including phenoxy) is 1. The highest BCUT2D eigenvalue weighted by Crippen LogP contribution is 2.32. The second kappa shape index (κ2) is 8.95. The fourth-order valence-corrected chi connectivity index (χ4v) is 4.19. The number of carbonyl (C=O) groups is 1. The number of hydrogen-bond acceptors (Lipinski definition) is 6. The average molecular weight is 413 g/mol. The number of aromatic nitrogens is 2. The fraction of sp³-hybridized carbons (Fsp3) is 0.500. The number of hydrogen-bond donors (Lipinski definition) is 1. The van der Waals surface area contributed by atoms with Crippen LogP contribution in [0.3, 0.4) is 0 Å². The van der Waals surface area contributed by atoms with E-state index in [1.165, 1.54) is 29.8 Å². The molecule has 7 nitrogen and oxygen atoms in total. The minimum absolute atomic E-state index is 0.0886. The highest BCUT2D eigenvalue weighted by Gasteiger charge is 2.32. The Morgan fingerprint density at radius 1 is 1.23 bits per heavy atom. The average Bonchev–Trinajstić information content (AvgIpc) is 2.77. The van der Waals surface area contributed by atoms with E-state index in [1.54, 1.807) is 0 Å². The Morgan fingerprint density at radius 2 is 2.03 bits per heavy atom. The lowest BCUT2D eigenvalue weighted by Gasteiger charge is -2.35. The largest absolute Gasteiger partial charge is 0.484 e. The predicted octanol–water partition coefficient (Wildman–Crippen LogP) is 2.78. The zero-order valence-electron chi connectivity index (χ0n) is 17.5. The minimum atomic E-state index is -0.333. The number of nitrogens with one attached hydrogen (secondary N) is 1. The lowest BCUT2D eigenvalue weighted by molar-refractivity contribution is -0.137. The van der Waals surface area contributed by atoms with E-state index in [4.69, 9.17) is 14.7 Å². The minimum Gasteiger partial charge on any atom is -0.484 e. The van der Waals surface area contributed by atoms with Crippen molar-refractivity contribution in [3.8, 4) is 5.75 Å². The molecule has 2 aromatic rings. The molecule has 3 heterocycles. The molecule has 2 aliphatic rings. The summed E-state index contributed by atoms with van der Waals surface area (Å²) in [5.74, 6) is 1.60. The third kappa shape index (κ3) is 4.38. The van der Waals surface area contributed by atoms with Crippen LogP contribution in [0.25, 0.3) is 0 Å². The van der Waals surface area contributed by atoms with Crippen molar-refractivity contribution < 1.29 is 13.9 Å². The number of amides is 1. The second-order valence-electron chi connectivity index (χ2n) is 7.93. The summed E-state index contributed by atoms with van der Waals surface area (Å²) in [6, 6.07) is 5.53. The topological polar surface area (TPSA) is 70.6 Å². The Hall–Kier alpha value is -2.74. The molecule has 1 unspecified atom stereocenters. The van der Waals surface area contributed by atoms with E-state index in [0.717, 1.165) is 50.3 Å². The Labute approximate surface area is 176 Å². The predicted molar refractivity (Wildman–Crippen MR) is 112 cm³/mol. The molecule has 160 valence electrons. The summed E-state index contributed by atoms with van der Waals surface area (Å²) in [5.41, 5.74) is 2.21. The van der Waals surface area contributed by atoms with E-state index in [2.05, 4.69) is 17.3 Å². The third-order valence-electron chi connectivity index (χ3n) is 5.81. The molecule has 1 amide bonds. The molecule has 30 heavy (non-hydrogen) atoms. The second-order valence-corrected chi connectivity index (χ2v) is 7.93. The van der Waals surface area contributed by atoms with Crippen molar-refractivity contribution in [2.75, 3.05) is 39.1 Å². The van der Waals surface area contributed by atoms with Crippen molar-refractivity contribution in [1.82, 2.24) is 19.8 Å². The molecule has 2 aliphatic heterocycles. The first kappa shape index (κ1) is 20.5. The number of rotatable bonds is 5. The molecule has 0 aliphatic carbocycles. The van der Waals surface area contributed by atoms with Gasteiger partial charge in [0, 0.05) is 32.2 Å². The van der Waals surface area contributed by atoms with Gasteiger partial charge in [0.05, 0.1) is 11.7 Å². The number of likely N-dealkylation sites (tertiary alicyclic amines) is 1. The van der Waals surface area contributed by atoms with Crippen LogP contribution in [0.15, 0.2) is 24.3 Å². The molecule has 0 saturated carbocycles. The summed E-state index contributed by atoms with van der Waals surface area (Å²) in [5, 5.41) is 3.22. The zero-order valence-corrected chi connectivity index (χ0v) is 17.5. The molecule has 1 aromatic carbocycles. The van der Waals surface area contributed by atoms with Crippen molar-refractivity contribution >= 4 is 11.7 Å². The lowest BCUT2D eigenvalue weighted by atomic mass is 10.00. The van der Waals surface area contributed by atoms with Gasteiger partial charge in [-0.25, -0.2) is 14.4 Å². The molecule has 0 spiro atoms. The van der Waals surface area contributed by atoms with Gasteiger partial charge in [-0.15, -0.1) is 0 Å². The molecule has 1 N–H and O–H groups in total. The first-order valence-electron chi connectivity index (χ1n) is 10.5. The van der Waals surface area contributed by atoms with Gasteiger partial charge in [0.15, 0.2) is 12.4 Å². The van der Waals surface area contributed by atoms with E-state index in [1.807, 2.05) is 11.9 Å². The lowest BCUT2D eigenvalue weighted by Crippen LogP contribution is -2.42. The van der Waals surface area contributed by atoms with Crippen LogP contribution >= 0.6 is 0 Å². The summed E-state index contributed by atoms with van der Waals surface area (Å²) in [6.45, 7) is 2.34. The van der Waals surface area contributed by atoms with Crippen molar-refractivity contribution in [1.29, 1.82) is 0 Å². The molecular weight excluding hydrogens is 385 g/mol. The van der Waals surface area contributed by atoms with Gasteiger partial charge in [0.25, 0.3) is 5.91 Å². The monoisotopic (exact) mass is 413 g/mol. The maximum absolute atomic E-state index is 13.1. The van der Waals surface area contributed by atoms with Crippen LogP contribution in [0.2, 0.25) is 0 Å². The van der Waals surface area contributed by atoms with E-state index in [9.17, 15) is 9.18 Å². The Bertz CT molecular complexity index is 905. The zero-order chi connectivity index (χ0) is 21.1. The molecule has 8 heteroatoms. The molecule has 1 atom stereocenters. The Morgan fingerprint density at radius 3 is 2.80 bits per heavy atom. The van der Waals surface area contributed by atoms with Crippen LogP contribution < -0.4 is 10.1 Å². The Balaban J connectivity index is 1.54. The van der Waals surface area contributed by atoms with Gasteiger partial charge in [-0.1, -0.05) is 0 Å². The molecular formula is C22H28FN5O2. The summed E-state index contributed by atoms with van der Waals surface area (Å²) in [6.07, 6.45) is 3.73. The van der Waals surface area contributed by atoms with Gasteiger partial charge in [-0.2, -0.15) is 0 Å². The van der Waals surface area contributed by atoms with E-state index < -0.39 is 0 Å². The van der Waals surface area contributed by atoms with Crippen LogP contribution in [0.1, 0.15) is 42.4 Å². The quantitative estimate of drug-likeness (QED) is 0.813. The number of fused-ring (bicyclic) bond motifs is 1. The maximum Gasteiger partial charge on any atom is 0.261 e. The Kier molecular flexibility index (Phi) is 6.13. The van der Waals surface area contributed by atoms with Crippen molar-refractivity contribution in [2.24, 2.45) is 0 Å². The standard InChI is InChI=1S/C22H28FN5O2/c1-24-21-17-10-12-27(2)13-18(17)25-22(26-21)19-5-3-4-11-28(19)20(29)14-30-16-8-6-15(23)7-9-16/h6-9,19H,3-5,10-14H2,1-2H3,(H,24,25,26). The number of likely N-dealkylation sites (N-methyl/N-ethyl adjacent to an activating group) is 1. The fourth-order valence-electron chi connectivity index (χ4n) is 4.19. The molecule has 4 rings (SSSR count). The van der Waals surface area contributed by atoms with Crippen molar-refractivity contribution in [2.45, 2.75) is 38.3 Å². The smallest absolute Gasteiger partial charge is 0.261 e. The summed E-state index contributed by atoms with van der Waals surface area (Å²) in [7, 11) is 3.97. The first-order chi connectivity index (χ1) is 14.5. The molecule has 1 fully saturated rings. The van der Waals surface area contributed by atoms with Crippen LogP contribution in [-0.2, 0) is 17.8 Å². The van der Waals surface area contributed by atoms with Crippen molar-refractivity contribution in [3.63, 3.8) is 0 Å². The number of piperidine rings is 1. The van der Waals surface area contributed by atoms with Crippen LogP contribution in [0, 0.1) is 5.82 Å². The van der Waals surface area contributed by atoms with Crippen molar-refractivity contribution in [3.05, 3.63) is 47.2 Å². The highest BCUT2D eigenvalue weighted by atomic mass is 19.1. The van der Waals surface area contributed by atoms with E-state index in [-0.39, 0.29) is 24.4 Å². The summed E-state index contributed by atoms with van der Waals surface area (Å²) in [4.78, 5) is 26.7. The van der Waals surface area contributed by atoms with Gasteiger partial charge >= 0.3 is 0 Å². The van der Waals surface area contributed by atoms with E-state index >= 15 is 0 Å². The maximum atomic E-state index is 13.1. The van der Waals surface area contributed by atoms with Crippen LogP contribution in [0.5, 0.6) is 5.75 Å². The van der Waals surface area contributed by atoms with Gasteiger partial charge in [0.1, 0.15) is 17.4 Å². The summed E-state index contributed by atoms with van der Waals surface area (Å²) >= 11 is 0. The summed E-state index contributed by atoms with van der Waals surface area (Å²) < 4.78 is 18.7. The van der Waals surface area contributed by atoms with Crippen LogP contribution in [-0.4, -0.2) is 59.5 Å². The number of carbonyl (C=O) groups excluding carboxylic acids is 1. The number of anilines is 1. The molecule has 1 saturated heterocycles. The first-order valence-corrected chi connectivity index (χ1v) is 10.5. The van der Waals surface area contributed by atoms with Gasteiger partial charge < -0.3 is 19.9 Å². The molecule has 1 aromatic heterocycles. The normalized spacial score (nSPS) is 19.3. The highest BCUT2D eigenvalue weighted by molar-refractivity contribution is 5.78. The van der Waals surface area contributed by atoms with Gasteiger partial charge in [-0.05, 0) is 57.0 Å². The van der Waals surface area contributed by atoms with E-state index in [0.29, 0.717) is 18.1 Å². The van der Waals surface area contributed by atoms with Crippen LogP contribution in [0.4, 0.5) is 10.2 Å². The number of benzene rings is 1. The number of nitrogens with zero attached hydrogens (tertiary/aromatic N) is 4. The number of halogens is 1. The SMILES string of the molecule is CNc1nc(C2CCCCN2C(=O)COc2ccc(F)cc2)nc2c1CCN(C)C2. The molecule has 0 bridgehead atoms. The molecule has 0 radical (unpaired) electrons. The third-order valence-corrected chi connectivity index (χ3v) is 5.81. The van der Waals surface area contributed by atoms with Gasteiger partial charge in [0.2, 0.25) is 0 Å².